The smallest absolute Gasteiger partial charge is 0.337 e. The van der Waals surface area contributed by atoms with E-state index in [0.717, 1.165) is 5.56 Å². The van der Waals surface area contributed by atoms with Crippen LogP contribution in [0.1, 0.15) is 22.0 Å². The van der Waals surface area contributed by atoms with E-state index in [-0.39, 0.29) is 12.1 Å². The van der Waals surface area contributed by atoms with E-state index in [0.29, 0.717) is 44.8 Å². The molecule has 0 amide bonds. The molecule has 0 atom stereocenters. The first-order chi connectivity index (χ1) is 16.6. The van der Waals surface area contributed by atoms with Crippen LogP contribution in [0.4, 0.5) is 0 Å². The lowest BCUT2D eigenvalue weighted by Gasteiger charge is -2.12. The standard InChI is InChI=1S/C25H19N3O5S/c1-31-24(30)17-9-10-19-20(12-17)27-25(28(23(19)29)14-18-8-5-11-32-18)34-15-22-26-13-21(33-22)16-6-3-2-4-7-16/h2-13H,14-15H2,1H3. The van der Waals surface area contributed by atoms with Crippen molar-refractivity contribution < 1.29 is 18.4 Å². The molecule has 8 nitrogen and oxygen atoms in total. The van der Waals surface area contributed by atoms with Crippen molar-refractivity contribution in [3.8, 4) is 11.3 Å². The first kappa shape index (κ1) is 21.7. The van der Waals surface area contributed by atoms with Crippen LogP contribution >= 0.6 is 11.8 Å². The van der Waals surface area contributed by atoms with Gasteiger partial charge in [0.15, 0.2) is 10.9 Å². The lowest BCUT2D eigenvalue weighted by molar-refractivity contribution is 0.0601. The quantitative estimate of drug-likeness (QED) is 0.189. The summed E-state index contributed by atoms with van der Waals surface area (Å²) in [5.74, 6) is 1.66. The third-order valence-electron chi connectivity index (χ3n) is 5.17. The van der Waals surface area contributed by atoms with Crippen molar-refractivity contribution in [1.29, 1.82) is 0 Å². The number of hydrogen-bond donors (Lipinski definition) is 0. The van der Waals surface area contributed by atoms with Crippen LogP contribution in [0.25, 0.3) is 22.2 Å². The summed E-state index contributed by atoms with van der Waals surface area (Å²) >= 11 is 1.32. The van der Waals surface area contributed by atoms with Crippen LogP contribution in [-0.2, 0) is 17.0 Å². The van der Waals surface area contributed by atoms with Gasteiger partial charge in [0, 0.05) is 5.56 Å². The third-order valence-corrected chi connectivity index (χ3v) is 6.13. The molecule has 0 aliphatic heterocycles. The Morgan fingerprint density at radius 2 is 1.97 bits per heavy atom. The largest absolute Gasteiger partial charge is 0.467 e. The Kier molecular flexibility index (Phi) is 6.01. The predicted octanol–water partition coefficient (Wildman–Crippen LogP) is 4.77. The first-order valence-electron chi connectivity index (χ1n) is 10.4. The molecule has 5 rings (SSSR count). The molecule has 0 saturated heterocycles. The lowest BCUT2D eigenvalue weighted by Crippen LogP contribution is -2.24. The van der Waals surface area contributed by atoms with Gasteiger partial charge in [-0.2, -0.15) is 0 Å². The highest BCUT2D eigenvalue weighted by molar-refractivity contribution is 7.98. The Bertz CT molecular complexity index is 1510. The second kappa shape index (κ2) is 9.40. The normalized spacial score (nSPS) is 11.1. The molecule has 0 unspecified atom stereocenters. The summed E-state index contributed by atoms with van der Waals surface area (Å²) in [6.45, 7) is 0.219. The summed E-state index contributed by atoms with van der Waals surface area (Å²) in [7, 11) is 1.31. The van der Waals surface area contributed by atoms with E-state index in [2.05, 4.69) is 9.97 Å². The van der Waals surface area contributed by atoms with E-state index in [4.69, 9.17) is 13.6 Å². The Hall–Kier alpha value is -4.11. The Labute approximate surface area is 198 Å². The zero-order valence-corrected chi connectivity index (χ0v) is 19.0. The molecule has 0 saturated carbocycles. The summed E-state index contributed by atoms with van der Waals surface area (Å²) in [5.41, 5.74) is 1.42. The zero-order valence-electron chi connectivity index (χ0n) is 18.1. The van der Waals surface area contributed by atoms with Crippen molar-refractivity contribution in [3.63, 3.8) is 0 Å². The third kappa shape index (κ3) is 4.38. The highest BCUT2D eigenvalue weighted by Crippen LogP contribution is 2.26. The summed E-state index contributed by atoms with van der Waals surface area (Å²) < 4.78 is 17.7. The number of fused-ring (bicyclic) bond motifs is 1. The fraction of sp³-hybridized carbons (Fsp3) is 0.120. The van der Waals surface area contributed by atoms with Crippen LogP contribution in [0.15, 0.2) is 91.9 Å². The number of ether oxygens (including phenoxy) is 1. The molecule has 3 aromatic heterocycles. The van der Waals surface area contributed by atoms with E-state index in [1.807, 2.05) is 30.3 Å². The average Bonchev–Trinajstić information content (AvgIpc) is 3.57. The zero-order chi connectivity index (χ0) is 23.5. The van der Waals surface area contributed by atoms with E-state index in [9.17, 15) is 9.59 Å². The number of nitrogens with zero attached hydrogens (tertiary/aromatic N) is 3. The molecule has 0 bridgehead atoms. The van der Waals surface area contributed by atoms with Crippen LogP contribution in [0.2, 0.25) is 0 Å². The van der Waals surface area contributed by atoms with E-state index in [1.54, 1.807) is 47.4 Å². The molecule has 9 heteroatoms. The van der Waals surface area contributed by atoms with Gasteiger partial charge in [0.1, 0.15) is 5.76 Å². The molecule has 2 aromatic carbocycles. The molecule has 34 heavy (non-hydrogen) atoms. The van der Waals surface area contributed by atoms with Gasteiger partial charge in [0.05, 0.1) is 48.3 Å². The van der Waals surface area contributed by atoms with E-state index >= 15 is 0 Å². The molecule has 0 fully saturated rings. The minimum absolute atomic E-state index is 0.219. The number of carbonyl (C=O) groups excluding carboxylic acids is 1. The van der Waals surface area contributed by atoms with Crippen molar-refractivity contribution in [2.75, 3.05) is 7.11 Å². The number of rotatable bonds is 7. The highest BCUT2D eigenvalue weighted by atomic mass is 32.2. The number of aromatic nitrogens is 3. The molecule has 0 N–H and O–H groups in total. The first-order valence-corrected chi connectivity index (χ1v) is 11.4. The number of benzene rings is 2. The molecular weight excluding hydrogens is 454 g/mol. The predicted molar refractivity (Wildman–Crippen MR) is 127 cm³/mol. The molecule has 0 aliphatic carbocycles. The molecule has 0 spiro atoms. The van der Waals surface area contributed by atoms with Gasteiger partial charge in [0.2, 0.25) is 5.89 Å². The SMILES string of the molecule is COC(=O)c1ccc2c(=O)n(Cc3ccco3)c(SCc3ncc(-c4ccccc4)o3)nc2c1. The average molecular weight is 474 g/mol. The molecule has 0 aliphatic rings. The number of oxazole rings is 1. The maximum Gasteiger partial charge on any atom is 0.337 e. The van der Waals surface area contributed by atoms with Gasteiger partial charge >= 0.3 is 5.97 Å². The van der Waals surface area contributed by atoms with Gasteiger partial charge in [-0.1, -0.05) is 42.1 Å². The highest BCUT2D eigenvalue weighted by Gasteiger charge is 2.17. The maximum atomic E-state index is 13.3. The van der Waals surface area contributed by atoms with Gasteiger partial charge in [-0.05, 0) is 30.3 Å². The van der Waals surface area contributed by atoms with Crippen molar-refractivity contribution >= 4 is 28.6 Å². The Morgan fingerprint density at radius 1 is 1.12 bits per heavy atom. The molecule has 170 valence electrons. The number of methoxy groups -OCH3 is 1. The van der Waals surface area contributed by atoms with Crippen molar-refractivity contribution in [2.24, 2.45) is 0 Å². The molecular formula is C25H19N3O5S. The fourth-order valence-corrected chi connectivity index (χ4v) is 4.34. The van der Waals surface area contributed by atoms with Crippen molar-refractivity contribution in [2.45, 2.75) is 17.5 Å². The lowest BCUT2D eigenvalue weighted by atomic mass is 10.1. The van der Waals surface area contributed by atoms with Gasteiger partial charge in [-0.3, -0.25) is 9.36 Å². The summed E-state index contributed by atoms with van der Waals surface area (Å²) in [5, 5.41) is 0.849. The van der Waals surface area contributed by atoms with Crippen LogP contribution < -0.4 is 5.56 Å². The number of thioether (sulfide) groups is 1. The Morgan fingerprint density at radius 3 is 2.74 bits per heavy atom. The fourth-order valence-electron chi connectivity index (χ4n) is 3.49. The number of furan rings is 1. The minimum Gasteiger partial charge on any atom is -0.467 e. The second-order valence-corrected chi connectivity index (χ2v) is 8.30. The summed E-state index contributed by atoms with van der Waals surface area (Å²) in [6.07, 6.45) is 3.24. The van der Waals surface area contributed by atoms with Crippen molar-refractivity contribution in [3.05, 3.63) is 101 Å². The van der Waals surface area contributed by atoms with Gasteiger partial charge < -0.3 is 13.6 Å². The van der Waals surface area contributed by atoms with Crippen LogP contribution in [0.5, 0.6) is 0 Å². The monoisotopic (exact) mass is 473 g/mol. The summed E-state index contributed by atoms with van der Waals surface area (Å²) in [6, 6.07) is 18.0. The van der Waals surface area contributed by atoms with Crippen LogP contribution in [0.3, 0.4) is 0 Å². The Balaban J connectivity index is 1.50. The number of hydrogen-bond acceptors (Lipinski definition) is 8. The number of esters is 1. The second-order valence-electron chi connectivity index (χ2n) is 7.36. The summed E-state index contributed by atoms with van der Waals surface area (Å²) in [4.78, 5) is 34.3. The maximum absolute atomic E-state index is 13.3. The van der Waals surface area contributed by atoms with E-state index in [1.165, 1.54) is 18.9 Å². The molecule has 5 aromatic rings. The van der Waals surface area contributed by atoms with Crippen LogP contribution in [-0.4, -0.2) is 27.6 Å². The molecule has 0 radical (unpaired) electrons. The van der Waals surface area contributed by atoms with Gasteiger partial charge in [0.25, 0.3) is 5.56 Å². The van der Waals surface area contributed by atoms with Gasteiger partial charge in [-0.15, -0.1) is 0 Å². The molecule has 3 heterocycles. The number of carbonyl (C=O) groups is 1. The van der Waals surface area contributed by atoms with Crippen LogP contribution in [0, 0.1) is 0 Å². The van der Waals surface area contributed by atoms with Crippen molar-refractivity contribution in [1.82, 2.24) is 14.5 Å². The topological polar surface area (TPSA) is 100 Å². The minimum atomic E-state index is -0.495. The van der Waals surface area contributed by atoms with Gasteiger partial charge in [-0.25, -0.2) is 14.8 Å². The van der Waals surface area contributed by atoms with E-state index < -0.39 is 5.97 Å².